The molecule has 0 spiro atoms. The highest BCUT2D eigenvalue weighted by Gasteiger charge is 2.28. The number of aromatic nitrogens is 2. The Labute approximate surface area is 146 Å². The molecule has 2 aliphatic rings. The van der Waals surface area contributed by atoms with Gasteiger partial charge in [-0.1, -0.05) is 12.1 Å². The van der Waals surface area contributed by atoms with Gasteiger partial charge in [-0.05, 0) is 43.4 Å². The number of H-pyrrole nitrogens is 1. The van der Waals surface area contributed by atoms with Gasteiger partial charge in [0, 0.05) is 44.0 Å². The van der Waals surface area contributed by atoms with Crippen molar-refractivity contribution in [3.63, 3.8) is 0 Å². The molecule has 0 bridgehead atoms. The Morgan fingerprint density at radius 1 is 1.16 bits per heavy atom. The van der Waals surface area contributed by atoms with Crippen molar-refractivity contribution in [1.82, 2.24) is 20.0 Å². The van der Waals surface area contributed by atoms with Crippen LogP contribution in [0.3, 0.4) is 0 Å². The summed E-state index contributed by atoms with van der Waals surface area (Å²) in [4.78, 5) is 17.0. The van der Waals surface area contributed by atoms with E-state index in [0.717, 1.165) is 55.7 Å². The van der Waals surface area contributed by atoms with Gasteiger partial charge in [0.15, 0.2) is 5.69 Å². The number of carbonyl (C=O) groups excluding carboxylic acids is 1. The van der Waals surface area contributed by atoms with Gasteiger partial charge in [0.1, 0.15) is 5.82 Å². The van der Waals surface area contributed by atoms with E-state index >= 15 is 0 Å². The number of hydrogen-bond donors (Lipinski definition) is 1. The molecule has 0 radical (unpaired) electrons. The number of nitrogens with one attached hydrogen (secondary N) is 1. The smallest absolute Gasteiger partial charge is 0.274 e. The van der Waals surface area contributed by atoms with Crippen LogP contribution in [0.15, 0.2) is 24.3 Å². The minimum atomic E-state index is -0.199. The minimum Gasteiger partial charge on any atom is -0.335 e. The van der Waals surface area contributed by atoms with Crippen molar-refractivity contribution in [3.05, 3.63) is 52.6 Å². The highest BCUT2D eigenvalue weighted by molar-refractivity contribution is 5.94. The monoisotopic (exact) mass is 342 g/mol. The van der Waals surface area contributed by atoms with E-state index in [2.05, 4.69) is 15.1 Å². The van der Waals surface area contributed by atoms with Crippen molar-refractivity contribution in [2.45, 2.75) is 32.2 Å². The molecule has 25 heavy (non-hydrogen) atoms. The standard InChI is InChI=1S/C19H23FN4O/c20-15-5-3-4-14(12-15)13-23-8-10-24(11-9-23)19(25)18-16-6-1-2-7-17(16)21-22-18/h3-5,12H,1-2,6-11,13H2,(H,21,22). The maximum absolute atomic E-state index is 13.3. The second-order valence-corrected chi connectivity index (χ2v) is 6.93. The first-order chi connectivity index (χ1) is 12.2. The number of rotatable bonds is 3. The number of aromatic amines is 1. The fourth-order valence-electron chi connectivity index (χ4n) is 3.81. The van der Waals surface area contributed by atoms with Crippen molar-refractivity contribution in [3.8, 4) is 0 Å². The van der Waals surface area contributed by atoms with Gasteiger partial charge in [-0.2, -0.15) is 5.10 Å². The van der Waals surface area contributed by atoms with Gasteiger partial charge in [-0.3, -0.25) is 14.8 Å². The summed E-state index contributed by atoms with van der Waals surface area (Å²) in [6, 6.07) is 6.72. The molecule has 6 heteroatoms. The average molecular weight is 342 g/mol. The van der Waals surface area contributed by atoms with Gasteiger partial charge in [0.05, 0.1) is 0 Å². The highest BCUT2D eigenvalue weighted by atomic mass is 19.1. The number of carbonyl (C=O) groups is 1. The third-order valence-corrected chi connectivity index (χ3v) is 5.21. The van der Waals surface area contributed by atoms with Gasteiger partial charge in [-0.25, -0.2) is 4.39 Å². The first-order valence-electron chi connectivity index (χ1n) is 9.03. The number of hydrogen-bond acceptors (Lipinski definition) is 3. The van der Waals surface area contributed by atoms with Gasteiger partial charge in [-0.15, -0.1) is 0 Å². The Balaban J connectivity index is 1.37. The third kappa shape index (κ3) is 3.44. The van der Waals surface area contributed by atoms with E-state index in [1.807, 2.05) is 11.0 Å². The summed E-state index contributed by atoms with van der Waals surface area (Å²) in [6.45, 7) is 3.70. The van der Waals surface area contributed by atoms with Gasteiger partial charge in [0.25, 0.3) is 5.91 Å². The molecular weight excluding hydrogens is 319 g/mol. The summed E-state index contributed by atoms with van der Waals surface area (Å²) >= 11 is 0. The Morgan fingerprint density at radius 2 is 1.96 bits per heavy atom. The molecule has 2 aromatic rings. The first-order valence-corrected chi connectivity index (χ1v) is 9.03. The molecule has 132 valence electrons. The number of amides is 1. The van der Waals surface area contributed by atoms with Gasteiger partial charge >= 0.3 is 0 Å². The summed E-state index contributed by atoms with van der Waals surface area (Å²) in [5, 5.41) is 7.35. The zero-order valence-corrected chi connectivity index (χ0v) is 14.3. The molecule has 1 N–H and O–H groups in total. The molecule has 0 atom stereocenters. The van der Waals surface area contributed by atoms with Crippen LogP contribution in [0, 0.1) is 5.82 Å². The van der Waals surface area contributed by atoms with E-state index in [1.165, 1.54) is 12.5 Å². The molecule has 1 saturated heterocycles. The van der Waals surface area contributed by atoms with E-state index in [1.54, 1.807) is 12.1 Å². The number of halogens is 1. The number of nitrogens with zero attached hydrogens (tertiary/aromatic N) is 3. The SMILES string of the molecule is O=C(c1n[nH]c2c1CCCC2)N1CCN(Cc2cccc(F)c2)CC1. The third-order valence-electron chi connectivity index (χ3n) is 5.21. The predicted molar refractivity (Wildman–Crippen MR) is 92.8 cm³/mol. The molecule has 4 rings (SSSR count). The van der Waals surface area contributed by atoms with E-state index < -0.39 is 0 Å². The van der Waals surface area contributed by atoms with Crippen molar-refractivity contribution in [2.75, 3.05) is 26.2 Å². The van der Waals surface area contributed by atoms with E-state index in [-0.39, 0.29) is 11.7 Å². The summed E-state index contributed by atoms with van der Waals surface area (Å²) < 4.78 is 13.3. The number of piperazine rings is 1. The van der Waals surface area contributed by atoms with Crippen LogP contribution in [-0.4, -0.2) is 52.1 Å². The predicted octanol–water partition coefficient (Wildman–Crippen LogP) is 2.39. The largest absolute Gasteiger partial charge is 0.335 e. The second kappa shape index (κ2) is 6.96. The summed E-state index contributed by atoms with van der Waals surface area (Å²) in [5.74, 6) is -0.153. The summed E-state index contributed by atoms with van der Waals surface area (Å²) in [5.41, 5.74) is 3.85. The molecule has 1 aromatic heterocycles. The Morgan fingerprint density at radius 3 is 2.76 bits per heavy atom. The fraction of sp³-hybridized carbons (Fsp3) is 0.474. The molecule has 2 heterocycles. The molecule has 1 aliphatic heterocycles. The van der Waals surface area contributed by atoms with Crippen molar-refractivity contribution in [2.24, 2.45) is 0 Å². The quantitative estimate of drug-likeness (QED) is 0.932. The van der Waals surface area contributed by atoms with E-state index in [4.69, 9.17) is 0 Å². The van der Waals surface area contributed by atoms with Gasteiger partial charge in [0.2, 0.25) is 0 Å². The van der Waals surface area contributed by atoms with Crippen LogP contribution in [0.25, 0.3) is 0 Å². The van der Waals surface area contributed by atoms with E-state index in [0.29, 0.717) is 18.8 Å². The lowest BCUT2D eigenvalue weighted by molar-refractivity contribution is 0.0621. The maximum Gasteiger partial charge on any atom is 0.274 e. The van der Waals surface area contributed by atoms with Crippen LogP contribution in [0.5, 0.6) is 0 Å². The lowest BCUT2D eigenvalue weighted by atomic mass is 9.95. The van der Waals surface area contributed by atoms with Crippen LogP contribution in [0.2, 0.25) is 0 Å². The first kappa shape index (κ1) is 16.3. The highest BCUT2D eigenvalue weighted by Crippen LogP contribution is 2.23. The van der Waals surface area contributed by atoms with Crippen molar-refractivity contribution in [1.29, 1.82) is 0 Å². The minimum absolute atomic E-state index is 0.0461. The molecule has 0 saturated carbocycles. The maximum atomic E-state index is 13.3. The average Bonchev–Trinajstić information content (AvgIpc) is 3.06. The molecule has 0 unspecified atom stereocenters. The zero-order valence-electron chi connectivity index (χ0n) is 14.3. The number of benzene rings is 1. The number of aryl methyl sites for hydroxylation is 1. The van der Waals surface area contributed by atoms with Crippen LogP contribution in [-0.2, 0) is 19.4 Å². The van der Waals surface area contributed by atoms with E-state index in [9.17, 15) is 9.18 Å². The molecule has 1 aromatic carbocycles. The molecule has 1 fully saturated rings. The summed E-state index contributed by atoms with van der Waals surface area (Å²) in [7, 11) is 0. The lowest BCUT2D eigenvalue weighted by Crippen LogP contribution is -2.48. The molecule has 1 aliphatic carbocycles. The Bertz CT molecular complexity index is 765. The van der Waals surface area contributed by atoms with Gasteiger partial charge < -0.3 is 4.90 Å². The normalized spacial score (nSPS) is 18.2. The lowest BCUT2D eigenvalue weighted by Gasteiger charge is -2.34. The van der Waals surface area contributed by atoms with Crippen LogP contribution >= 0.6 is 0 Å². The van der Waals surface area contributed by atoms with Crippen LogP contribution in [0.4, 0.5) is 4.39 Å². The van der Waals surface area contributed by atoms with Crippen LogP contribution < -0.4 is 0 Å². The molecular formula is C19H23FN4O. The molecule has 1 amide bonds. The summed E-state index contributed by atoms with van der Waals surface area (Å²) in [6.07, 6.45) is 4.25. The second-order valence-electron chi connectivity index (χ2n) is 6.93. The number of fused-ring (bicyclic) bond motifs is 1. The molecule has 5 nitrogen and oxygen atoms in total. The fourth-order valence-corrected chi connectivity index (χ4v) is 3.81. The van der Waals surface area contributed by atoms with Crippen LogP contribution in [0.1, 0.15) is 40.2 Å². The Hall–Kier alpha value is -2.21. The topological polar surface area (TPSA) is 52.2 Å². The Kier molecular flexibility index (Phi) is 4.53. The zero-order chi connectivity index (χ0) is 17.2. The van der Waals surface area contributed by atoms with Crippen molar-refractivity contribution < 1.29 is 9.18 Å². The van der Waals surface area contributed by atoms with Crippen molar-refractivity contribution >= 4 is 5.91 Å².